The number of hydrogen-bond donors (Lipinski definition) is 8. The third-order valence-electron chi connectivity index (χ3n) is 14.9. The van der Waals surface area contributed by atoms with Crippen molar-refractivity contribution in [1.29, 1.82) is 0 Å². The zero-order valence-electron chi connectivity index (χ0n) is 46.1. The molecule has 4 saturated heterocycles. The summed E-state index contributed by atoms with van der Waals surface area (Å²) in [6, 6.07) is 0. The van der Waals surface area contributed by atoms with Crippen LogP contribution < -0.4 is 39.8 Å². The molecule has 87 heavy (non-hydrogen) atoms. The van der Waals surface area contributed by atoms with Crippen molar-refractivity contribution >= 4 is 111 Å². The predicted octanol–water partition coefficient (Wildman–Crippen LogP) is -1.61. The van der Waals surface area contributed by atoms with E-state index in [2.05, 4.69) is 69.3 Å². The number of H-pyrrole nitrogens is 2. The van der Waals surface area contributed by atoms with Gasteiger partial charge in [0.25, 0.3) is 11.1 Å². The first kappa shape index (κ1) is 61.1. The van der Waals surface area contributed by atoms with Gasteiger partial charge in [-0.2, -0.15) is 19.9 Å². The topological polar surface area (TPSA) is 503 Å². The molecule has 0 spiro atoms. The summed E-state index contributed by atoms with van der Waals surface area (Å²) >= 11 is 0. The molecule has 13 N–H and O–H groups in total. The van der Waals surface area contributed by atoms with Gasteiger partial charge in [0.15, 0.2) is 97.3 Å². The summed E-state index contributed by atoms with van der Waals surface area (Å²) in [5.74, 6) is -0.0802. The second-order valence-electron chi connectivity index (χ2n) is 19.7. The van der Waals surface area contributed by atoms with Crippen LogP contribution in [0.25, 0.3) is 44.7 Å². The van der Waals surface area contributed by atoms with E-state index in [0.717, 1.165) is 0 Å². The van der Waals surface area contributed by atoms with Gasteiger partial charge in [-0.15, -0.1) is 0 Å². The van der Waals surface area contributed by atoms with Gasteiger partial charge in [0.05, 0.1) is 51.7 Å². The van der Waals surface area contributed by atoms with Gasteiger partial charge in [-0.05, 0) is 0 Å². The second-order valence-corrected chi connectivity index (χ2v) is 22.0. The molecule has 20 atom stereocenters. The Bertz CT molecular complexity index is 3850. The highest BCUT2D eigenvalue weighted by Gasteiger charge is 2.52. The molecule has 12 rings (SSSR count). The normalized spacial score (nSPS) is 29.7. The molecule has 12 heterocycles. The Hall–Kier alpha value is -6.12. The Kier molecular flexibility index (Phi) is 18.4. The first-order chi connectivity index (χ1) is 42.3. The number of aromatic nitrogens is 16. The zero-order chi connectivity index (χ0) is 60.8. The van der Waals surface area contributed by atoms with Crippen LogP contribution in [0.2, 0.25) is 0 Å². The van der Waals surface area contributed by atoms with Crippen molar-refractivity contribution in [3.8, 4) is 0 Å². The maximum absolute atomic E-state index is 12.9. The van der Waals surface area contributed by atoms with Crippen molar-refractivity contribution < 1.29 is 74.7 Å². The average molecular weight is 1290 g/mol. The van der Waals surface area contributed by atoms with Crippen molar-refractivity contribution in [1.82, 2.24) is 78.1 Å². The molecule has 0 saturated carbocycles. The number of fused-ring (bicyclic) bond motifs is 4. The number of rotatable bonds is 25. The molecular formula is C44H59N21O18P4. The first-order valence-electron chi connectivity index (χ1n) is 26.2. The van der Waals surface area contributed by atoms with Crippen LogP contribution in [0.4, 0.5) is 29.5 Å². The summed E-state index contributed by atoms with van der Waals surface area (Å²) < 4.78 is 99.7. The molecule has 0 radical (unpaired) electrons. The highest BCUT2D eigenvalue weighted by atomic mass is 31.1. The van der Waals surface area contributed by atoms with Gasteiger partial charge < -0.3 is 103 Å². The number of nitrogens with zero attached hydrogens (tertiary/aromatic N) is 14. The summed E-state index contributed by atoms with van der Waals surface area (Å²) in [5.41, 5.74) is 30.6. The van der Waals surface area contributed by atoms with Gasteiger partial charge >= 0.3 is 0 Å². The van der Waals surface area contributed by atoms with Crippen LogP contribution in [0, 0.1) is 0 Å². The molecule has 4 aliphatic heterocycles. The quantitative estimate of drug-likeness (QED) is 0.0236. The zero-order valence-corrected chi connectivity index (χ0v) is 50.2. The number of aliphatic hydroxyl groups excluding tert-OH is 1. The predicted molar refractivity (Wildman–Crippen MR) is 307 cm³/mol. The standard InChI is InChI=1S/C44H59N21O18P4/c1-69-26-22(80-84)15(77-38(26)63-11-53-19-31(46)56-42(47)57-33(19)63)6-73-86-82-24-16(78-39(28(24)71-3)62-10-52-18-30(45)50-9-51-32(18)62)7-75-87-83-25-17(79-41(29(25)72-4)65-13-55-21-35(65)59-44(49)61-37(21)68)8-74-85-81-23-14(5-66)76-40(27(23)70-2)64-12-54-20-34(64)58-43(48)60-36(20)67/h9-17,22-29,38-41,66,85-87H,5-8,84H2,1-4H3,(H2,45,50,51)(H4,46,47,56,57)(H3,48,58,60,67)(H3,49,59,61,68). The van der Waals surface area contributed by atoms with E-state index in [1.807, 2.05) is 0 Å². The number of nitrogen functional groups attached to an aromatic ring is 5. The number of aromatic amines is 2. The van der Waals surface area contributed by atoms with E-state index in [9.17, 15) is 14.7 Å². The van der Waals surface area contributed by atoms with Crippen LogP contribution >= 0.6 is 36.6 Å². The molecule has 0 amide bonds. The lowest BCUT2D eigenvalue weighted by atomic mass is 10.1. The van der Waals surface area contributed by atoms with Crippen molar-refractivity contribution in [2.24, 2.45) is 0 Å². The van der Waals surface area contributed by atoms with Gasteiger partial charge in [-0.25, -0.2) is 29.9 Å². The van der Waals surface area contributed by atoms with Crippen molar-refractivity contribution in [2.45, 2.75) is 98.2 Å². The maximum Gasteiger partial charge on any atom is 0.280 e. The second kappa shape index (κ2) is 26.1. The van der Waals surface area contributed by atoms with E-state index in [4.69, 9.17) is 98.2 Å². The molecule has 43 heteroatoms. The minimum absolute atomic E-state index is 0.00375. The Morgan fingerprint density at radius 2 is 0.874 bits per heavy atom. The molecule has 0 bridgehead atoms. The van der Waals surface area contributed by atoms with Crippen LogP contribution in [0.5, 0.6) is 0 Å². The molecule has 0 aliphatic carbocycles. The summed E-state index contributed by atoms with van der Waals surface area (Å²) in [7, 11) is 6.14. The lowest BCUT2D eigenvalue weighted by Gasteiger charge is -2.25. The summed E-state index contributed by atoms with van der Waals surface area (Å²) in [6.07, 6.45) is -6.61. The summed E-state index contributed by atoms with van der Waals surface area (Å²) in [5, 5.41) is 10.4. The van der Waals surface area contributed by atoms with Crippen LogP contribution in [-0.4, -0.2) is 211 Å². The molecule has 468 valence electrons. The molecule has 20 unspecified atom stereocenters. The Morgan fingerprint density at radius 3 is 1.31 bits per heavy atom. The van der Waals surface area contributed by atoms with E-state index >= 15 is 0 Å². The lowest BCUT2D eigenvalue weighted by molar-refractivity contribution is -0.0583. The van der Waals surface area contributed by atoms with Gasteiger partial charge in [0.1, 0.15) is 90.6 Å². The van der Waals surface area contributed by atoms with Crippen LogP contribution in [0.3, 0.4) is 0 Å². The number of nitrogens with two attached hydrogens (primary N) is 5. The van der Waals surface area contributed by atoms with E-state index in [0.29, 0.717) is 22.3 Å². The minimum atomic E-state index is -1.01. The number of ether oxygens (including phenoxy) is 8. The van der Waals surface area contributed by atoms with E-state index in [-0.39, 0.29) is 71.6 Å². The van der Waals surface area contributed by atoms with Crippen molar-refractivity contribution in [3.63, 3.8) is 0 Å². The number of methoxy groups -OCH3 is 4. The van der Waals surface area contributed by atoms with Crippen LogP contribution in [0.1, 0.15) is 24.9 Å². The third-order valence-corrected chi connectivity index (χ3v) is 17.2. The number of aliphatic hydroxyl groups is 1. The SMILES string of the molecule is COC1C(OP)C(COPOC2C(COPOC3C(COPOC4C(CO)OC(n5cnc6c(=O)[nH]c(N)nc65)C4OC)OC(n4cnc5c(=O)[nH]c(N)nc54)C3OC)OC(n3cnc4c(N)ncnc43)C2OC)OC1n1cnc2c(N)nc(N)nc21. The Labute approximate surface area is 496 Å². The van der Waals surface area contributed by atoms with Gasteiger partial charge in [-0.3, -0.25) is 37.8 Å². The fourth-order valence-electron chi connectivity index (χ4n) is 10.9. The van der Waals surface area contributed by atoms with Gasteiger partial charge in [-0.1, -0.05) is 0 Å². The fourth-order valence-corrected chi connectivity index (χ4v) is 13.4. The number of anilines is 5. The summed E-state index contributed by atoms with van der Waals surface area (Å²) in [4.78, 5) is 73.0. The average Bonchev–Trinajstić information content (AvgIpc) is 2.36. The molecule has 8 aromatic heterocycles. The number of nitrogens with one attached hydrogen (secondary N) is 2. The van der Waals surface area contributed by atoms with Gasteiger partial charge in [0, 0.05) is 37.9 Å². The molecule has 39 nitrogen and oxygen atoms in total. The molecule has 4 aliphatic rings. The smallest absolute Gasteiger partial charge is 0.280 e. The molecular weight excluding hydrogens is 1230 g/mol. The highest BCUT2D eigenvalue weighted by Crippen LogP contribution is 2.44. The molecule has 4 fully saturated rings. The van der Waals surface area contributed by atoms with E-state index in [1.54, 1.807) is 9.13 Å². The van der Waals surface area contributed by atoms with E-state index in [1.165, 1.54) is 69.2 Å². The monoisotopic (exact) mass is 1290 g/mol. The third kappa shape index (κ3) is 11.5. The first-order valence-corrected chi connectivity index (χ1v) is 29.1. The minimum Gasteiger partial charge on any atom is -0.394 e. The van der Waals surface area contributed by atoms with Crippen molar-refractivity contribution in [3.05, 3.63) is 52.3 Å². The Balaban J connectivity index is 0.740. The fraction of sp³-hybridized carbons (Fsp3) is 0.545. The largest absolute Gasteiger partial charge is 0.394 e. The van der Waals surface area contributed by atoms with Crippen LogP contribution in [0.15, 0.2) is 41.2 Å². The lowest BCUT2D eigenvalue weighted by Crippen LogP contribution is -2.37. The van der Waals surface area contributed by atoms with Gasteiger partial charge in [0.2, 0.25) is 17.8 Å². The highest BCUT2D eigenvalue weighted by molar-refractivity contribution is 7.26. The number of hydrogen-bond acceptors (Lipinski definition) is 33. The summed E-state index contributed by atoms with van der Waals surface area (Å²) in [6.45, 7) is -0.806. The van der Waals surface area contributed by atoms with E-state index < -0.39 is 143 Å². The number of imidazole rings is 4. The van der Waals surface area contributed by atoms with Crippen molar-refractivity contribution in [2.75, 3.05) is 83.5 Å². The Morgan fingerprint density at radius 1 is 0.494 bits per heavy atom. The maximum atomic E-state index is 12.9. The van der Waals surface area contributed by atoms with Crippen LogP contribution in [-0.2, 0) is 69.6 Å². The molecule has 0 aromatic carbocycles. The molecule has 8 aromatic rings.